The molecule has 1 aliphatic rings. The minimum Gasteiger partial charge on any atom is -0.481 e. The molecule has 0 bridgehead atoms. The fourth-order valence-corrected chi connectivity index (χ4v) is 3.76. The van der Waals surface area contributed by atoms with E-state index in [4.69, 9.17) is 4.74 Å². The molecule has 1 amide bonds. The summed E-state index contributed by atoms with van der Waals surface area (Å²) >= 11 is 1.37. The molecular weight excluding hydrogens is 328 g/mol. The van der Waals surface area contributed by atoms with E-state index in [1.807, 2.05) is 30.3 Å². The summed E-state index contributed by atoms with van der Waals surface area (Å²) < 4.78 is 5.02. The third-order valence-electron chi connectivity index (χ3n) is 4.19. The zero-order chi connectivity index (χ0) is 17.1. The van der Waals surface area contributed by atoms with Crippen LogP contribution in [0.15, 0.2) is 35.7 Å². The molecular formula is C17H18N2O4S. The van der Waals surface area contributed by atoms with Crippen LogP contribution in [-0.4, -0.2) is 47.1 Å². The van der Waals surface area contributed by atoms with E-state index in [-0.39, 0.29) is 18.4 Å². The Morgan fingerprint density at radius 1 is 1.33 bits per heavy atom. The van der Waals surface area contributed by atoms with Gasteiger partial charge in [-0.05, 0) is 5.56 Å². The average molecular weight is 346 g/mol. The lowest BCUT2D eigenvalue weighted by Gasteiger charge is -2.15. The molecule has 0 radical (unpaired) electrons. The largest absolute Gasteiger partial charge is 0.481 e. The Kier molecular flexibility index (Phi) is 4.92. The predicted molar refractivity (Wildman–Crippen MR) is 89.0 cm³/mol. The molecule has 1 fully saturated rings. The normalized spacial score (nSPS) is 20.3. The van der Waals surface area contributed by atoms with Crippen molar-refractivity contribution in [3.05, 3.63) is 52.0 Å². The van der Waals surface area contributed by atoms with Gasteiger partial charge in [0.05, 0.1) is 12.5 Å². The first-order valence-electron chi connectivity index (χ1n) is 7.60. The first-order chi connectivity index (χ1) is 11.6. The van der Waals surface area contributed by atoms with Crippen molar-refractivity contribution in [1.29, 1.82) is 0 Å². The van der Waals surface area contributed by atoms with Gasteiger partial charge in [-0.15, -0.1) is 11.3 Å². The fraction of sp³-hybridized carbons (Fsp3) is 0.353. The fourth-order valence-electron chi connectivity index (χ4n) is 3.02. The Hall–Kier alpha value is -2.25. The topological polar surface area (TPSA) is 79.7 Å². The number of aliphatic carboxylic acids is 1. The molecule has 1 saturated heterocycles. The molecule has 2 heterocycles. The van der Waals surface area contributed by atoms with Crippen molar-refractivity contribution in [2.45, 2.75) is 12.5 Å². The highest BCUT2D eigenvalue weighted by molar-refractivity contribution is 7.09. The van der Waals surface area contributed by atoms with Crippen molar-refractivity contribution >= 4 is 23.2 Å². The highest BCUT2D eigenvalue weighted by Crippen LogP contribution is 2.33. The Bertz CT molecular complexity index is 731. The summed E-state index contributed by atoms with van der Waals surface area (Å²) in [7, 11) is 1.57. The molecule has 6 nitrogen and oxygen atoms in total. The summed E-state index contributed by atoms with van der Waals surface area (Å²) in [6.07, 6.45) is 0. The van der Waals surface area contributed by atoms with Crippen LogP contribution in [-0.2, 0) is 16.1 Å². The van der Waals surface area contributed by atoms with Crippen molar-refractivity contribution in [2.24, 2.45) is 5.92 Å². The second-order valence-electron chi connectivity index (χ2n) is 5.73. The van der Waals surface area contributed by atoms with Crippen LogP contribution >= 0.6 is 11.3 Å². The summed E-state index contributed by atoms with van der Waals surface area (Å²) in [4.78, 5) is 30.1. The molecule has 1 aromatic heterocycles. The van der Waals surface area contributed by atoms with Crippen LogP contribution in [0.5, 0.6) is 0 Å². The van der Waals surface area contributed by atoms with Gasteiger partial charge in [-0.3, -0.25) is 9.59 Å². The minimum atomic E-state index is -0.877. The second-order valence-corrected chi connectivity index (χ2v) is 6.67. The number of carbonyl (C=O) groups excluding carboxylic acids is 1. The molecule has 7 heteroatoms. The lowest BCUT2D eigenvalue weighted by Crippen LogP contribution is -2.30. The molecule has 0 unspecified atom stereocenters. The maximum Gasteiger partial charge on any atom is 0.308 e. The van der Waals surface area contributed by atoms with Gasteiger partial charge in [-0.2, -0.15) is 0 Å². The smallest absolute Gasteiger partial charge is 0.308 e. The van der Waals surface area contributed by atoms with E-state index in [0.717, 1.165) is 10.6 Å². The van der Waals surface area contributed by atoms with Crippen LogP contribution in [0.25, 0.3) is 0 Å². The molecule has 126 valence electrons. The monoisotopic (exact) mass is 346 g/mol. The summed E-state index contributed by atoms with van der Waals surface area (Å²) in [6.45, 7) is 0.949. The highest BCUT2D eigenvalue weighted by atomic mass is 32.1. The van der Waals surface area contributed by atoms with E-state index >= 15 is 0 Å². The van der Waals surface area contributed by atoms with E-state index in [1.165, 1.54) is 11.3 Å². The zero-order valence-corrected chi connectivity index (χ0v) is 14.0. The van der Waals surface area contributed by atoms with Crippen LogP contribution < -0.4 is 0 Å². The average Bonchev–Trinajstić information content (AvgIpc) is 3.22. The highest BCUT2D eigenvalue weighted by Gasteiger charge is 2.41. The van der Waals surface area contributed by atoms with Gasteiger partial charge in [0, 0.05) is 31.5 Å². The number of carboxylic acids is 1. The number of aromatic nitrogens is 1. The standard InChI is InChI=1S/C17H18N2O4S/c1-23-9-15-18-14(10-24-15)16(20)19-7-12(13(8-19)17(21)22)11-5-3-2-4-6-11/h2-6,10,12-13H,7-9H2,1H3,(H,21,22)/t12-,13-/m0/s1. The first kappa shape index (κ1) is 16.6. The quantitative estimate of drug-likeness (QED) is 0.898. The van der Waals surface area contributed by atoms with Crippen molar-refractivity contribution in [2.75, 3.05) is 20.2 Å². The third kappa shape index (κ3) is 3.32. The molecule has 0 saturated carbocycles. The maximum atomic E-state index is 12.6. The summed E-state index contributed by atoms with van der Waals surface area (Å²) in [5.74, 6) is -1.91. The molecule has 3 rings (SSSR count). The molecule has 0 aliphatic carbocycles. The lowest BCUT2D eigenvalue weighted by molar-refractivity contribution is -0.141. The molecule has 1 aliphatic heterocycles. The van der Waals surface area contributed by atoms with Gasteiger partial charge in [-0.1, -0.05) is 30.3 Å². The van der Waals surface area contributed by atoms with Gasteiger partial charge >= 0.3 is 5.97 Å². The van der Waals surface area contributed by atoms with E-state index < -0.39 is 11.9 Å². The van der Waals surface area contributed by atoms with Crippen LogP contribution in [0, 0.1) is 5.92 Å². The number of hydrogen-bond donors (Lipinski definition) is 1. The van der Waals surface area contributed by atoms with Crippen LogP contribution in [0.3, 0.4) is 0 Å². The third-order valence-corrected chi connectivity index (χ3v) is 5.01. The summed E-state index contributed by atoms with van der Waals surface area (Å²) in [5.41, 5.74) is 1.29. The Morgan fingerprint density at radius 2 is 2.08 bits per heavy atom. The van der Waals surface area contributed by atoms with Crippen molar-refractivity contribution < 1.29 is 19.4 Å². The molecule has 0 spiro atoms. The van der Waals surface area contributed by atoms with E-state index in [1.54, 1.807) is 17.4 Å². The first-order valence-corrected chi connectivity index (χ1v) is 8.48. The van der Waals surface area contributed by atoms with Crippen LogP contribution in [0.2, 0.25) is 0 Å². The van der Waals surface area contributed by atoms with E-state index in [9.17, 15) is 14.7 Å². The number of thiazole rings is 1. The number of benzene rings is 1. The van der Waals surface area contributed by atoms with Gasteiger partial charge in [0.25, 0.3) is 5.91 Å². The Balaban J connectivity index is 1.79. The van der Waals surface area contributed by atoms with E-state index in [2.05, 4.69) is 4.98 Å². The van der Waals surface area contributed by atoms with Crippen LogP contribution in [0.4, 0.5) is 0 Å². The van der Waals surface area contributed by atoms with Gasteiger partial charge in [0.2, 0.25) is 0 Å². The number of carboxylic acid groups (broad SMARTS) is 1. The summed E-state index contributed by atoms with van der Waals surface area (Å²) in [6, 6.07) is 9.48. The van der Waals surface area contributed by atoms with Crippen molar-refractivity contribution in [3.63, 3.8) is 0 Å². The van der Waals surface area contributed by atoms with Crippen molar-refractivity contribution in [1.82, 2.24) is 9.88 Å². The number of amides is 1. The lowest BCUT2D eigenvalue weighted by atomic mass is 9.89. The number of likely N-dealkylation sites (tertiary alicyclic amines) is 1. The number of rotatable bonds is 5. The van der Waals surface area contributed by atoms with E-state index in [0.29, 0.717) is 18.8 Å². The SMILES string of the molecule is COCc1nc(C(=O)N2C[C@H](C(=O)O)[C@H](c3ccccc3)C2)cs1. The maximum absolute atomic E-state index is 12.6. The zero-order valence-electron chi connectivity index (χ0n) is 13.2. The number of methoxy groups -OCH3 is 1. The number of ether oxygens (including phenoxy) is 1. The second kappa shape index (κ2) is 7.11. The number of hydrogen-bond acceptors (Lipinski definition) is 5. The number of carbonyl (C=O) groups is 2. The van der Waals surface area contributed by atoms with Gasteiger partial charge in [0.15, 0.2) is 0 Å². The Labute approximate surface area is 143 Å². The minimum absolute atomic E-state index is 0.199. The van der Waals surface area contributed by atoms with Gasteiger partial charge < -0.3 is 14.7 Å². The van der Waals surface area contributed by atoms with Gasteiger partial charge in [-0.25, -0.2) is 4.98 Å². The van der Waals surface area contributed by atoms with Crippen LogP contribution in [0.1, 0.15) is 27.0 Å². The van der Waals surface area contributed by atoms with Gasteiger partial charge in [0.1, 0.15) is 10.7 Å². The Morgan fingerprint density at radius 3 is 2.75 bits per heavy atom. The molecule has 1 N–H and O–H groups in total. The number of nitrogens with zero attached hydrogens (tertiary/aromatic N) is 2. The molecule has 24 heavy (non-hydrogen) atoms. The van der Waals surface area contributed by atoms with Crippen molar-refractivity contribution in [3.8, 4) is 0 Å². The predicted octanol–water partition coefficient (Wildman–Crippen LogP) is 2.23. The summed E-state index contributed by atoms with van der Waals surface area (Å²) in [5, 5.41) is 11.9. The molecule has 1 aromatic carbocycles. The molecule has 2 aromatic rings. The molecule has 2 atom stereocenters.